The summed E-state index contributed by atoms with van der Waals surface area (Å²) in [5.74, 6) is 0.0781. The molecule has 2 unspecified atom stereocenters. The van der Waals surface area contributed by atoms with Gasteiger partial charge in [0.05, 0.1) is 17.1 Å². The first-order chi connectivity index (χ1) is 7.61. The standard InChI is InChI=1S/C11H21N3OS/c1-3-8(10(12)16)14-7-5-4-6-9(14)11(15)13-2/h8-9H,3-7H2,1-2H3,(H2,12,16)(H,13,15). The lowest BCUT2D eigenvalue weighted by Gasteiger charge is -2.39. The lowest BCUT2D eigenvalue weighted by atomic mass is 9.98. The van der Waals surface area contributed by atoms with Gasteiger partial charge < -0.3 is 11.1 Å². The topological polar surface area (TPSA) is 58.4 Å². The maximum absolute atomic E-state index is 11.8. The number of hydrogen-bond donors (Lipinski definition) is 2. The van der Waals surface area contributed by atoms with Crippen molar-refractivity contribution in [2.24, 2.45) is 5.73 Å². The Bertz CT molecular complexity index is 270. The van der Waals surface area contributed by atoms with Crippen LogP contribution in [0, 0.1) is 0 Å². The summed E-state index contributed by atoms with van der Waals surface area (Å²) in [5.41, 5.74) is 5.74. The van der Waals surface area contributed by atoms with E-state index in [1.807, 2.05) is 0 Å². The van der Waals surface area contributed by atoms with E-state index in [1.54, 1.807) is 7.05 Å². The smallest absolute Gasteiger partial charge is 0.237 e. The molecule has 0 aliphatic carbocycles. The summed E-state index contributed by atoms with van der Waals surface area (Å²) >= 11 is 5.08. The molecule has 3 N–H and O–H groups in total. The van der Waals surface area contributed by atoms with Gasteiger partial charge in [-0.15, -0.1) is 0 Å². The highest BCUT2D eigenvalue weighted by Crippen LogP contribution is 2.21. The maximum Gasteiger partial charge on any atom is 0.237 e. The number of carbonyl (C=O) groups excluding carboxylic acids is 1. The number of hydrogen-bond acceptors (Lipinski definition) is 3. The lowest BCUT2D eigenvalue weighted by Crippen LogP contribution is -2.56. The molecule has 92 valence electrons. The minimum absolute atomic E-state index is 0.0533. The quantitative estimate of drug-likeness (QED) is 0.712. The fraction of sp³-hybridized carbons (Fsp3) is 0.818. The molecule has 0 aromatic heterocycles. The Labute approximate surface area is 103 Å². The first kappa shape index (κ1) is 13.4. The van der Waals surface area contributed by atoms with Gasteiger partial charge in [0.15, 0.2) is 0 Å². The molecular weight excluding hydrogens is 222 g/mol. The molecule has 2 atom stereocenters. The third-order valence-electron chi connectivity index (χ3n) is 3.21. The van der Waals surface area contributed by atoms with Gasteiger partial charge in [0.25, 0.3) is 0 Å². The van der Waals surface area contributed by atoms with Crippen LogP contribution in [-0.2, 0) is 4.79 Å². The first-order valence-electron chi connectivity index (χ1n) is 5.88. The minimum atomic E-state index is -0.0646. The van der Waals surface area contributed by atoms with E-state index < -0.39 is 0 Å². The molecule has 0 aromatic carbocycles. The third kappa shape index (κ3) is 2.92. The SMILES string of the molecule is CCC(C(N)=S)N1CCCCC1C(=O)NC. The Kier molecular flexibility index (Phi) is 5.15. The fourth-order valence-corrected chi connectivity index (χ4v) is 2.68. The van der Waals surface area contributed by atoms with Crippen molar-refractivity contribution in [1.29, 1.82) is 0 Å². The van der Waals surface area contributed by atoms with Gasteiger partial charge in [0, 0.05) is 7.05 Å². The van der Waals surface area contributed by atoms with Gasteiger partial charge in [-0.1, -0.05) is 25.6 Å². The van der Waals surface area contributed by atoms with E-state index in [0.717, 1.165) is 32.2 Å². The summed E-state index contributed by atoms with van der Waals surface area (Å²) in [4.78, 5) is 14.4. The van der Waals surface area contributed by atoms with Gasteiger partial charge in [0.1, 0.15) is 0 Å². The van der Waals surface area contributed by atoms with Gasteiger partial charge in [-0.05, 0) is 25.8 Å². The molecule has 1 amide bonds. The van der Waals surface area contributed by atoms with Gasteiger partial charge in [-0.3, -0.25) is 9.69 Å². The molecule has 1 heterocycles. The number of thiocarbonyl (C=S) groups is 1. The van der Waals surface area contributed by atoms with Crippen LogP contribution in [0.3, 0.4) is 0 Å². The van der Waals surface area contributed by atoms with E-state index in [1.165, 1.54) is 0 Å². The predicted molar refractivity (Wildman–Crippen MR) is 69.3 cm³/mol. The molecule has 0 aromatic rings. The van der Waals surface area contributed by atoms with Crippen LogP contribution in [0.2, 0.25) is 0 Å². The van der Waals surface area contributed by atoms with E-state index in [2.05, 4.69) is 17.1 Å². The van der Waals surface area contributed by atoms with Crippen LogP contribution in [-0.4, -0.2) is 41.5 Å². The van der Waals surface area contributed by atoms with Crippen LogP contribution in [0.5, 0.6) is 0 Å². The van der Waals surface area contributed by atoms with Crippen molar-refractivity contribution in [1.82, 2.24) is 10.2 Å². The average Bonchev–Trinajstić information content (AvgIpc) is 2.29. The highest BCUT2D eigenvalue weighted by atomic mass is 32.1. The van der Waals surface area contributed by atoms with Crippen molar-refractivity contribution in [2.75, 3.05) is 13.6 Å². The van der Waals surface area contributed by atoms with E-state index in [4.69, 9.17) is 18.0 Å². The van der Waals surface area contributed by atoms with Gasteiger partial charge in [0.2, 0.25) is 5.91 Å². The zero-order valence-corrected chi connectivity index (χ0v) is 10.8. The second-order valence-electron chi connectivity index (χ2n) is 4.19. The predicted octanol–water partition coefficient (Wildman–Crippen LogP) is 0.652. The van der Waals surface area contributed by atoms with Crippen molar-refractivity contribution in [3.05, 3.63) is 0 Å². The van der Waals surface area contributed by atoms with E-state index in [0.29, 0.717) is 4.99 Å². The van der Waals surface area contributed by atoms with Crippen LogP contribution in [0.25, 0.3) is 0 Å². The summed E-state index contributed by atoms with van der Waals surface area (Å²) in [6, 6.07) is -0.0113. The van der Waals surface area contributed by atoms with Crippen molar-refractivity contribution in [3.8, 4) is 0 Å². The van der Waals surface area contributed by atoms with Crippen LogP contribution in [0.15, 0.2) is 0 Å². The molecule has 0 bridgehead atoms. The van der Waals surface area contributed by atoms with Crippen LogP contribution in [0.4, 0.5) is 0 Å². The number of nitrogens with one attached hydrogen (secondary N) is 1. The second kappa shape index (κ2) is 6.15. The number of rotatable bonds is 4. The minimum Gasteiger partial charge on any atom is -0.392 e. The summed E-state index contributed by atoms with van der Waals surface area (Å²) in [5, 5.41) is 2.72. The summed E-state index contributed by atoms with van der Waals surface area (Å²) in [6.07, 6.45) is 3.98. The van der Waals surface area contributed by atoms with Gasteiger partial charge in [-0.25, -0.2) is 0 Å². The molecule has 1 fully saturated rings. The Morgan fingerprint density at radius 2 is 2.31 bits per heavy atom. The highest BCUT2D eigenvalue weighted by molar-refractivity contribution is 7.80. The number of piperidine rings is 1. The number of nitrogens with two attached hydrogens (primary N) is 1. The Balaban J connectivity index is 2.80. The largest absolute Gasteiger partial charge is 0.392 e. The molecule has 4 nitrogen and oxygen atoms in total. The molecule has 1 aliphatic heterocycles. The Morgan fingerprint density at radius 1 is 1.62 bits per heavy atom. The molecule has 5 heteroatoms. The molecule has 1 aliphatic rings. The normalized spacial score (nSPS) is 23.8. The van der Waals surface area contributed by atoms with Crippen molar-refractivity contribution >= 4 is 23.1 Å². The van der Waals surface area contributed by atoms with E-state index in [9.17, 15) is 4.79 Å². The molecule has 0 radical (unpaired) electrons. The molecule has 0 spiro atoms. The Morgan fingerprint density at radius 3 is 2.81 bits per heavy atom. The van der Waals surface area contributed by atoms with E-state index >= 15 is 0 Å². The molecular formula is C11H21N3OS. The fourth-order valence-electron chi connectivity index (χ4n) is 2.37. The molecule has 16 heavy (non-hydrogen) atoms. The lowest BCUT2D eigenvalue weighted by molar-refractivity contribution is -0.127. The van der Waals surface area contributed by atoms with Crippen LogP contribution in [0.1, 0.15) is 32.6 Å². The average molecular weight is 243 g/mol. The van der Waals surface area contributed by atoms with Gasteiger partial charge in [-0.2, -0.15) is 0 Å². The highest BCUT2D eigenvalue weighted by Gasteiger charge is 2.33. The number of likely N-dealkylation sites (N-methyl/N-ethyl adjacent to an activating group) is 1. The number of carbonyl (C=O) groups is 1. The summed E-state index contributed by atoms with van der Waals surface area (Å²) < 4.78 is 0. The van der Waals surface area contributed by atoms with Crippen LogP contribution >= 0.6 is 12.2 Å². The Hall–Kier alpha value is -0.680. The molecule has 1 saturated heterocycles. The summed E-state index contributed by atoms with van der Waals surface area (Å²) in [7, 11) is 1.68. The van der Waals surface area contributed by atoms with Crippen molar-refractivity contribution < 1.29 is 4.79 Å². The monoisotopic (exact) mass is 243 g/mol. The van der Waals surface area contributed by atoms with Crippen molar-refractivity contribution in [3.63, 3.8) is 0 Å². The zero-order chi connectivity index (χ0) is 12.1. The number of amides is 1. The van der Waals surface area contributed by atoms with Gasteiger partial charge >= 0.3 is 0 Å². The van der Waals surface area contributed by atoms with E-state index in [-0.39, 0.29) is 18.0 Å². The number of likely N-dealkylation sites (tertiary alicyclic amines) is 1. The van der Waals surface area contributed by atoms with Crippen LogP contribution < -0.4 is 11.1 Å². The third-order valence-corrected chi connectivity index (χ3v) is 3.48. The molecule has 0 saturated carbocycles. The second-order valence-corrected chi connectivity index (χ2v) is 4.66. The maximum atomic E-state index is 11.8. The zero-order valence-electron chi connectivity index (χ0n) is 10.0. The first-order valence-corrected chi connectivity index (χ1v) is 6.29. The summed E-state index contributed by atoms with van der Waals surface area (Å²) in [6.45, 7) is 2.97. The molecule has 1 rings (SSSR count). The van der Waals surface area contributed by atoms with Crippen molar-refractivity contribution in [2.45, 2.75) is 44.7 Å². The number of nitrogens with zero attached hydrogens (tertiary/aromatic N) is 1.